The van der Waals surface area contributed by atoms with Crippen molar-refractivity contribution in [3.05, 3.63) is 29.0 Å². The third kappa shape index (κ3) is 5.45. The van der Waals surface area contributed by atoms with E-state index >= 15 is 0 Å². The number of hydrogen-bond donors (Lipinski definition) is 2. The molecule has 0 saturated carbocycles. The van der Waals surface area contributed by atoms with E-state index in [2.05, 4.69) is 15.3 Å². The Morgan fingerprint density at radius 3 is 2.89 bits per heavy atom. The molecule has 3 rings (SSSR count). The maximum absolute atomic E-state index is 12.4. The average Bonchev–Trinajstić information content (AvgIpc) is 3.11. The molecule has 1 aromatic heterocycles. The average molecular weight is 407 g/mol. The molecule has 2 aromatic rings. The topological polar surface area (TPSA) is 87.3 Å². The number of aromatic nitrogens is 2. The number of nitrogens with zero attached hydrogens (tertiary/aromatic N) is 2. The van der Waals surface area contributed by atoms with Gasteiger partial charge in [-0.1, -0.05) is 11.6 Å². The molecule has 0 bridgehead atoms. The van der Waals surface area contributed by atoms with Crippen LogP contribution in [-0.2, 0) is 20.7 Å². The molecular formula is C20H27ClN4O3. The van der Waals surface area contributed by atoms with E-state index in [1.165, 1.54) is 0 Å². The molecule has 2 heterocycles. The molecule has 1 fully saturated rings. The molecule has 8 heteroatoms. The van der Waals surface area contributed by atoms with Crippen LogP contribution in [-0.4, -0.2) is 59.5 Å². The Labute approximate surface area is 169 Å². The number of piperidine rings is 1. The largest absolute Gasteiger partial charge is 0.372 e. The molecule has 7 nitrogen and oxygen atoms in total. The number of carbonyl (C=O) groups excluding carboxylic acids is 2. The number of likely N-dealkylation sites (tertiary alicyclic amines) is 1. The van der Waals surface area contributed by atoms with Crippen LogP contribution >= 0.6 is 11.6 Å². The number of aryl methyl sites for hydroxylation is 1. The number of fused-ring (bicyclic) bond motifs is 1. The Morgan fingerprint density at radius 1 is 1.36 bits per heavy atom. The van der Waals surface area contributed by atoms with Crippen molar-refractivity contribution in [3.63, 3.8) is 0 Å². The Hall–Kier alpha value is -2.12. The van der Waals surface area contributed by atoms with Crippen LogP contribution in [0, 0.1) is 5.92 Å². The number of imidazole rings is 1. The van der Waals surface area contributed by atoms with Gasteiger partial charge in [-0.15, -0.1) is 0 Å². The number of rotatable bonds is 8. The summed E-state index contributed by atoms with van der Waals surface area (Å²) in [6, 6.07) is 5.58. The van der Waals surface area contributed by atoms with E-state index in [4.69, 9.17) is 16.3 Å². The molecule has 2 amide bonds. The van der Waals surface area contributed by atoms with Crippen LogP contribution in [0.1, 0.15) is 32.0 Å². The maximum atomic E-state index is 12.4. The number of carbonyl (C=O) groups is 2. The van der Waals surface area contributed by atoms with Crippen molar-refractivity contribution in [2.45, 2.75) is 32.6 Å². The monoisotopic (exact) mass is 406 g/mol. The lowest BCUT2D eigenvalue weighted by molar-refractivity contribution is -0.139. The number of ether oxygens (including phenoxy) is 1. The van der Waals surface area contributed by atoms with Crippen LogP contribution in [0.5, 0.6) is 0 Å². The third-order valence-electron chi connectivity index (χ3n) is 5.03. The van der Waals surface area contributed by atoms with Gasteiger partial charge < -0.3 is 19.9 Å². The normalized spacial score (nSPS) is 15.1. The lowest BCUT2D eigenvalue weighted by atomic mass is 9.96. The summed E-state index contributed by atoms with van der Waals surface area (Å²) < 4.78 is 5.17. The number of amides is 2. The first-order valence-corrected chi connectivity index (χ1v) is 10.2. The van der Waals surface area contributed by atoms with E-state index in [1.807, 2.05) is 25.1 Å². The molecule has 2 N–H and O–H groups in total. The third-order valence-corrected chi connectivity index (χ3v) is 5.27. The molecule has 1 aliphatic rings. The van der Waals surface area contributed by atoms with Gasteiger partial charge in [0.15, 0.2) is 0 Å². The molecule has 152 valence electrons. The van der Waals surface area contributed by atoms with Crippen LogP contribution < -0.4 is 5.32 Å². The van der Waals surface area contributed by atoms with Crippen LogP contribution in [0.2, 0.25) is 5.02 Å². The summed E-state index contributed by atoms with van der Waals surface area (Å²) in [6.45, 7) is 4.37. The number of hydrogen-bond acceptors (Lipinski definition) is 4. The van der Waals surface area contributed by atoms with Crippen molar-refractivity contribution in [2.75, 3.05) is 32.8 Å². The molecule has 1 saturated heterocycles. The molecule has 0 atom stereocenters. The smallest absolute Gasteiger partial charge is 0.248 e. The molecular weight excluding hydrogens is 380 g/mol. The van der Waals surface area contributed by atoms with Crippen LogP contribution in [0.3, 0.4) is 0 Å². The van der Waals surface area contributed by atoms with Crippen LogP contribution in [0.4, 0.5) is 0 Å². The standard InChI is InChI=1S/C20H27ClN4O3/c1-2-28-13-19(26)25-10-7-14(8-11-25)20(27)22-9-3-4-18-23-16-6-5-15(21)12-17(16)24-18/h5-6,12,14H,2-4,7-11,13H2,1H3,(H,22,27)(H,23,24). The number of nitrogens with one attached hydrogen (secondary N) is 2. The van der Waals surface area contributed by atoms with Gasteiger partial charge in [-0.2, -0.15) is 0 Å². The summed E-state index contributed by atoms with van der Waals surface area (Å²) >= 11 is 5.99. The van der Waals surface area contributed by atoms with Crippen molar-refractivity contribution in [1.29, 1.82) is 0 Å². The minimum absolute atomic E-state index is 0.00725. The first kappa shape index (κ1) is 20.6. The van der Waals surface area contributed by atoms with Gasteiger partial charge in [-0.25, -0.2) is 4.98 Å². The highest BCUT2D eigenvalue weighted by Crippen LogP contribution is 2.19. The molecule has 0 spiro atoms. The maximum Gasteiger partial charge on any atom is 0.248 e. The Bertz CT molecular complexity index is 815. The van der Waals surface area contributed by atoms with Gasteiger partial charge in [-0.05, 0) is 44.4 Å². The zero-order valence-electron chi connectivity index (χ0n) is 16.2. The van der Waals surface area contributed by atoms with E-state index in [0.29, 0.717) is 44.1 Å². The fraction of sp³-hybridized carbons (Fsp3) is 0.550. The highest BCUT2D eigenvalue weighted by molar-refractivity contribution is 6.31. The quantitative estimate of drug-likeness (QED) is 0.659. The minimum atomic E-state index is -0.0236. The second-order valence-corrected chi connectivity index (χ2v) is 7.47. The first-order valence-electron chi connectivity index (χ1n) is 9.84. The van der Waals surface area contributed by atoms with E-state index in [9.17, 15) is 9.59 Å². The van der Waals surface area contributed by atoms with E-state index in [0.717, 1.165) is 29.7 Å². The van der Waals surface area contributed by atoms with Crippen molar-refractivity contribution in [1.82, 2.24) is 20.2 Å². The Kier molecular flexibility index (Phi) is 7.28. The summed E-state index contributed by atoms with van der Waals surface area (Å²) in [5.41, 5.74) is 1.83. The second-order valence-electron chi connectivity index (χ2n) is 7.03. The van der Waals surface area contributed by atoms with E-state index in [1.54, 1.807) is 4.90 Å². The van der Waals surface area contributed by atoms with E-state index in [-0.39, 0.29) is 24.3 Å². The SMILES string of the molecule is CCOCC(=O)N1CCC(C(=O)NCCCc2nc3ccc(Cl)cc3[nH]2)CC1. The predicted molar refractivity (Wildman–Crippen MR) is 108 cm³/mol. The Morgan fingerprint density at radius 2 is 2.14 bits per heavy atom. The summed E-state index contributed by atoms with van der Waals surface area (Å²) in [7, 11) is 0. The summed E-state index contributed by atoms with van der Waals surface area (Å²) in [5, 5.41) is 3.70. The molecule has 0 radical (unpaired) electrons. The first-order chi connectivity index (χ1) is 13.6. The van der Waals surface area contributed by atoms with Gasteiger partial charge in [-0.3, -0.25) is 9.59 Å². The zero-order chi connectivity index (χ0) is 19.9. The molecule has 0 aliphatic carbocycles. The second kappa shape index (κ2) is 9.89. The molecule has 28 heavy (non-hydrogen) atoms. The zero-order valence-corrected chi connectivity index (χ0v) is 16.9. The number of H-pyrrole nitrogens is 1. The lowest BCUT2D eigenvalue weighted by Crippen LogP contribution is -2.44. The summed E-state index contributed by atoms with van der Waals surface area (Å²) in [5.74, 6) is 0.957. The summed E-state index contributed by atoms with van der Waals surface area (Å²) in [6.07, 6.45) is 2.98. The molecule has 1 aliphatic heterocycles. The number of halogens is 1. The predicted octanol–water partition coefficient (Wildman–Crippen LogP) is 2.54. The number of aromatic amines is 1. The van der Waals surface area contributed by atoms with Gasteiger partial charge in [0.2, 0.25) is 11.8 Å². The molecule has 1 aromatic carbocycles. The van der Waals surface area contributed by atoms with Gasteiger partial charge in [0.05, 0.1) is 11.0 Å². The van der Waals surface area contributed by atoms with Crippen molar-refractivity contribution in [3.8, 4) is 0 Å². The van der Waals surface area contributed by atoms with Gasteiger partial charge in [0.1, 0.15) is 12.4 Å². The lowest BCUT2D eigenvalue weighted by Gasteiger charge is -2.31. The minimum Gasteiger partial charge on any atom is -0.372 e. The van der Waals surface area contributed by atoms with Gasteiger partial charge >= 0.3 is 0 Å². The Balaban J connectivity index is 1.36. The summed E-state index contributed by atoms with van der Waals surface area (Å²) in [4.78, 5) is 33.9. The van der Waals surface area contributed by atoms with E-state index < -0.39 is 0 Å². The van der Waals surface area contributed by atoms with Crippen molar-refractivity contribution < 1.29 is 14.3 Å². The van der Waals surface area contributed by atoms with Crippen LogP contribution in [0.15, 0.2) is 18.2 Å². The fourth-order valence-electron chi connectivity index (χ4n) is 3.44. The molecule has 0 unspecified atom stereocenters. The van der Waals surface area contributed by atoms with Crippen molar-refractivity contribution >= 4 is 34.4 Å². The highest BCUT2D eigenvalue weighted by atomic mass is 35.5. The van der Waals surface area contributed by atoms with Crippen LogP contribution in [0.25, 0.3) is 11.0 Å². The van der Waals surface area contributed by atoms with Crippen molar-refractivity contribution in [2.24, 2.45) is 5.92 Å². The van der Waals surface area contributed by atoms with Gasteiger partial charge in [0, 0.05) is 43.6 Å². The fourth-order valence-corrected chi connectivity index (χ4v) is 3.61. The highest BCUT2D eigenvalue weighted by Gasteiger charge is 2.26. The van der Waals surface area contributed by atoms with Gasteiger partial charge in [0.25, 0.3) is 0 Å². The number of benzene rings is 1.